The fourth-order valence-corrected chi connectivity index (χ4v) is 3.16. The van der Waals surface area contributed by atoms with Crippen molar-refractivity contribution in [3.63, 3.8) is 0 Å². The fraction of sp³-hybridized carbons (Fsp3) is 0.0625. The molecule has 0 aliphatic heterocycles. The topological polar surface area (TPSA) is 44.9 Å². The first-order chi connectivity index (χ1) is 10.1. The Labute approximate surface area is 140 Å². The van der Waals surface area contributed by atoms with Gasteiger partial charge in [0.15, 0.2) is 0 Å². The summed E-state index contributed by atoms with van der Waals surface area (Å²) in [7, 11) is 0. The van der Waals surface area contributed by atoms with Crippen LogP contribution in [0.4, 0.5) is 5.69 Å². The van der Waals surface area contributed by atoms with Crippen molar-refractivity contribution in [1.82, 2.24) is 4.98 Å². The number of anilines is 1. The number of fused-ring (bicyclic) bond motifs is 1. The molecule has 0 saturated carbocycles. The molecule has 1 amide bonds. The van der Waals surface area contributed by atoms with Crippen molar-refractivity contribution in [3.05, 3.63) is 62.3 Å². The lowest BCUT2D eigenvalue weighted by atomic mass is 10.2. The van der Waals surface area contributed by atoms with Crippen LogP contribution in [-0.4, -0.2) is 10.9 Å². The third kappa shape index (κ3) is 2.78. The highest BCUT2D eigenvalue weighted by Gasteiger charge is 2.16. The Morgan fingerprint density at radius 1 is 1.24 bits per heavy atom. The number of halogens is 2. The number of carbonyl (C=O) groups is 1. The van der Waals surface area contributed by atoms with Crippen molar-refractivity contribution in [2.24, 2.45) is 0 Å². The van der Waals surface area contributed by atoms with Gasteiger partial charge < -0.3 is 10.3 Å². The first kappa shape index (κ1) is 14.4. The Morgan fingerprint density at radius 3 is 2.71 bits per heavy atom. The van der Waals surface area contributed by atoms with Crippen LogP contribution in [0.3, 0.4) is 0 Å². The van der Waals surface area contributed by atoms with E-state index in [-0.39, 0.29) is 5.91 Å². The maximum absolute atomic E-state index is 12.4. The number of hydrogen-bond acceptors (Lipinski definition) is 1. The minimum Gasteiger partial charge on any atom is -0.349 e. The molecule has 0 spiro atoms. The summed E-state index contributed by atoms with van der Waals surface area (Å²) < 4.78 is 1.13. The molecule has 5 heteroatoms. The standard InChI is InChI=1S/C16H12ClIN2O/c1-9-8-10(18)6-7-12(9)20-16(21)15-14(17)11-4-2-3-5-13(11)19-15/h2-8,19H,1H3,(H,20,21). The van der Waals surface area contributed by atoms with E-state index in [4.69, 9.17) is 11.6 Å². The number of nitrogens with one attached hydrogen (secondary N) is 2. The third-order valence-electron chi connectivity index (χ3n) is 3.31. The number of hydrogen-bond donors (Lipinski definition) is 2. The summed E-state index contributed by atoms with van der Waals surface area (Å²) >= 11 is 8.53. The Bertz CT molecular complexity index is 841. The van der Waals surface area contributed by atoms with Gasteiger partial charge in [0.2, 0.25) is 0 Å². The van der Waals surface area contributed by atoms with E-state index >= 15 is 0 Å². The number of aromatic nitrogens is 1. The molecule has 1 aromatic heterocycles. The molecule has 0 radical (unpaired) electrons. The Morgan fingerprint density at radius 2 is 2.00 bits per heavy atom. The second-order valence-electron chi connectivity index (χ2n) is 4.77. The van der Waals surface area contributed by atoms with Gasteiger partial charge in [0.05, 0.1) is 5.02 Å². The van der Waals surface area contributed by atoms with E-state index in [2.05, 4.69) is 32.9 Å². The molecule has 0 bridgehead atoms. The van der Waals surface area contributed by atoms with Gasteiger partial charge in [-0.25, -0.2) is 0 Å². The number of H-pyrrole nitrogens is 1. The van der Waals surface area contributed by atoms with Gasteiger partial charge in [-0.15, -0.1) is 0 Å². The lowest BCUT2D eigenvalue weighted by Gasteiger charge is -2.08. The lowest BCUT2D eigenvalue weighted by molar-refractivity contribution is 0.102. The van der Waals surface area contributed by atoms with Crippen molar-refractivity contribution >= 4 is 56.7 Å². The zero-order chi connectivity index (χ0) is 15.0. The van der Waals surface area contributed by atoms with Gasteiger partial charge in [-0.2, -0.15) is 0 Å². The molecule has 3 rings (SSSR count). The molecule has 2 N–H and O–H groups in total. The highest BCUT2D eigenvalue weighted by atomic mass is 127. The van der Waals surface area contributed by atoms with Gasteiger partial charge >= 0.3 is 0 Å². The number of carbonyl (C=O) groups excluding carboxylic acids is 1. The van der Waals surface area contributed by atoms with Gasteiger partial charge in [0.25, 0.3) is 5.91 Å². The van der Waals surface area contributed by atoms with E-state index in [9.17, 15) is 4.79 Å². The SMILES string of the molecule is Cc1cc(I)ccc1NC(=O)c1[nH]c2ccccc2c1Cl. The van der Waals surface area contributed by atoms with Crippen molar-refractivity contribution in [2.45, 2.75) is 6.92 Å². The second kappa shape index (κ2) is 5.69. The van der Waals surface area contributed by atoms with Crippen LogP contribution >= 0.6 is 34.2 Å². The highest BCUT2D eigenvalue weighted by Crippen LogP contribution is 2.28. The number of benzene rings is 2. The van der Waals surface area contributed by atoms with Crippen molar-refractivity contribution in [1.29, 1.82) is 0 Å². The first-order valence-corrected chi connectivity index (χ1v) is 7.85. The zero-order valence-electron chi connectivity index (χ0n) is 11.2. The van der Waals surface area contributed by atoms with Crippen LogP contribution in [0.25, 0.3) is 10.9 Å². The van der Waals surface area contributed by atoms with E-state index in [1.807, 2.05) is 49.4 Å². The molecule has 0 aliphatic carbocycles. The summed E-state index contributed by atoms with van der Waals surface area (Å²) in [6, 6.07) is 13.5. The quantitative estimate of drug-likeness (QED) is 0.575. The molecule has 2 aromatic carbocycles. The molecule has 0 aliphatic rings. The minimum absolute atomic E-state index is 0.236. The Hall–Kier alpha value is -1.53. The third-order valence-corrected chi connectivity index (χ3v) is 4.37. The van der Waals surface area contributed by atoms with Crippen LogP contribution in [0.2, 0.25) is 5.02 Å². The Balaban J connectivity index is 1.95. The minimum atomic E-state index is -0.236. The smallest absolute Gasteiger partial charge is 0.273 e. The van der Waals surface area contributed by atoms with Crippen LogP contribution in [0, 0.1) is 10.5 Å². The Kier molecular flexibility index (Phi) is 3.91. The van der Waals surface area contributed by atoms with E-state index in [1.165, 1.54) is 0 Å². The second-order valence-corrected chi connectivity index (χ2v) is 6.40. The van der Waals surface area contributed by atoms with Crippen LogP contribution in [-0.2, 0) is 0 Å². The van der Waals surface area contributed by atoms with Crippen molar-refractivity contribution < 1.29 is 4.79 Å². The predicted molar refractivity (Wildman–Crippen MR) is 95.2 cm³/mol. The molecule has 0 atom stereocenters. The fourth-order valence-electron chi connectivity index (χ4n) is 2.22. The van der Waals surface area contributed by atoms with Gasteiger partial charge in [-0.05, 0) is 59.3 Å². The van der Waals surface area contributed by atoms with E-state index in [0.717, 1.165) is 25.7 Å². The molecular formula is C16H12ClIN2O. The maximum atomic E-state index is 12.4. The molecule has 21 heavy (non-hydrogen) atoms. The molecule has 0 unspecified atom stereocenters. The molecule has 0 fully saturated rings. The van der Waals surface area contributed by atoms with Crippen LogP contribution in [0.5, 0.6) is 0 Å². The zero-order valence-corrected chi connectivity index (χ0v) is 14.1. The summed E-state index contributed by atoms with van der Waals surface area (Å²) in [5.74, 6) is -0.236. The summed E-state index contributed by atoms with van der Waals surface area (Å²) in [5, 5.41) is 4.20. The predicted octanol–water partition coefficient (Wildman–Crippen LogP) is 4.99. The number of aromatic amines is 1. The number of amides is 1. The monoisotopic (exact) mass is 410 g/mol. The van der Waals surface area contributed by atoms with E-state index < -0.39 is 0 Å². The number of aryl methyl sites for hydroxylation is 1. The number of para-hydroxylation sites is 1. The average molecular weight is 411 g/mol. The van der Waals surface area contributed by atoms with Crippen LogP contribution < -0.4 is 5.32 Å². The molecular weight excluding hydrogens is 399 g/mol. The van der Waals surface area contributed by atoms with Gasteiger partial charge in [0, 0.05) is 20.2 Å². The normalized spacial score (nSPS) is 10.8. The van der Waals surface area contributed by atoms with Gasteiger partial charge in [-0.1, -0.05) is 29.8 Å². The molecule has 3 aromatic rings. The van der Waals surface area contributed by atoms with Crippen LogP contribution in [0.1, 0.15) is 16.1 Å². The summed E-state index contributed by atoms with van der Waals surface area (Å²) in [6.45, 7) is 1.96. The van der Waals surface area contributed by atoms with Crippen LogP contribution in [0.15, 0.2) is 42.5 Å². The first-order valence-electron chi connectivity index (χ1n) is 6.40. The molecule has 0 saturated heterocycles. The van der Waals surface area contributed by atoms with E-state index in [1.54, 1.807) is 0 Å². The highest BCUT2D eigenvalue weighted by molar-refractivity contribution is 14.1. The average Bonchev–Trinajstić information content (AvgIpc) is 2.80. The van der Waals surface area contributed by atoms with E-state index in [0.29, 0.717) is 10.7 Å². The lowest BCUT2D eigenvalue weighted by Crippen LogP contribution is -2.13. The molecule has 3 nitrogen and oxygen atoms in total. The summed E-state index contributed by atoms with van der Waals surface area (Å²) in [5.41, 5.74) is 3.04. The van der Waals surface area contributed by atoms with Gasteiger partial charge in [-0.3, -0.25) is 4.79 Å². The maximum Gasteiger partial charge on any atom is 0.273 e. The molecule has 106 valence electrons. The van der Waals surface area contributed by atoms with Crippen molar-refractivity contribution in [3.8, 4) is 0 Å². The van der Waals surface area contributed by atoms with Crippen molar-refractivity contribution in [2.75, 3.05) is 5.32 Å². The largest absolute Gasteiger partial charge is 0.349 e. The summed E-state index contributed by atoms with van der Waals surface area (Å²) in [4.78, 5) is 15.5. The van der Waals surface area contributed by atoms with Gasteiger partial charge in [0.1, 0.15) is 5.69 Å². The molecule has 1 heterocycles. The number of rotatable bonds is 2. The summed E-state index contributed by atoms with van der Waals surface area (Å²) in [6.07, 6.45) is 0.